The normalized spacial score (nSPS) is 17.4. The molecule has 32 heavy (non-hydrogen) atoms. The number of sulfonamides is 1. The summed E-state index contributed by atoms with van der Waals surface area (Å²) in [6, 6.07) is 10.6. The predicted octanol–water partition coefficient (Wildman–Crippen LogP) is 2.21. The molecule has 2 aliphatic heterocycles. The van der Waals surface area contributed by atoms with E-state index in [-0.39, 0.29) is 30.2 Å². The molecule has 4 rings (SSSR count). The van der Waals surface area contributed by atoms with E-state index in [9.17, 15) is 27.2 Å². The highest BCUT2D eigenvalue weighted by atomic mass is 32.2. The largest absolute Gasteiger partial charge is 0.439 e. The average molecular weight is 461 g/mol. The molecule has 2 aromatic carbocycles. The van der Waals surface area contributed by atoms with Crippen LogP contribution >= 0.6 is 0 Å². The van der Waals surface area contributed by atoms with E-state index in [1.807, 2.05) is 0 Å². The molecule has 0 saturated carbocycles. The molecule has 0 aromatic heterocycles. The number of hydrogen-bond donors (Lipinski definition) is 1. The van der Waals surface area contributed by atoms with Gasteiger partial charge in [-0.3, -0.25) is 14.3 Å². The van der Waals surface area contributed by atoms with Gasteiger partial charge >= 0.3 is 6.09 Å². The summed E-state index contributed by atoms with van der Waals surface area (Å²) in [6.45, 7) is 0.482. The monoisotopic (exact) mass is 461 g/mol. The minimum absolute atomic E-state index is 0.189. The van der Waals surface area contributed by atoms with Crippen LogP contribution in [-0.4, -0.2) is 61.9 Å². The van der Waals surface area contributed by atoms with Crippen molar-refractivity contribution in [1.82, 2.24) is 9.80 Å². The quantitative estimate of drug-likeness (QED) is 0.731. The van der Waals surface area contributed by atoms with Gasteiger partial charge < -0.3 is 9.64 Å². The molecule has 2 aromatic rings. The maximum Gasteiger partial charge on any atom is 0.417 e. The maximum absolute atomic E-state index is 13.8. The number of benzene rings is 2. The first-order valence-electron chi connectivity index (χ1n) is 9.92. The molecule has 2 heterocycles. The third kappa shape index (κ3) is 4.28. The van der Waals surface area contributed by atoms with Gasteiger partial charge in [0.15, 0.2) is 6.61 Å². The fourth-order valence-electron chi connectivity index (χ4n) is 3.78. The SMILES string of the molecule is O=C(c1ccc(NS(=O)(=O)c2ccccc2F)cc1)N1CCC(N2C(=O)COC2=O)CC1. The van der Waals surface area contributed by atoms with Crippen molar-refractivity contribution in [2.24, 2.45) is 0 Å². The van der Waals surface area contributed by atoms with Gasteiger partial charge in [0, 0.05) is 30.4 Å². The van der Waals surface area contributed by atoms with E-state index in [0.29, 0.717) is 31.5 Å². The highest BCUT2D eigenvalue weighted by molar-refractivity contribution is 7.92. The van der Waals surface area contributed by atoms with Crippen molar-refractivity contribution >= 4 is 33.6 Å². The van der Waals surface area contributed by atoms with Crippen molar-refractivity contribution in [2.75, 3.05) is 24.4 Å². The van der Waals surface area contributed by atoms with E-state index in [1.165, 1.54) is 36.4 Å². The third-order valence-corrected chi connectivity index (χ3v) is 6.83. The van der Waals surface area contributed by atoms with Crippen molar-refractivity contribution in [2.45, 2.75) is 23.8 Å². The Kier molecular flexibility index (Phi) is 5.83. The van der Waals surface area contributed by atoms with Crippen LogP contribution in [0.4, 0.5) is 14.9 Å². The number of carbonyl (C=O) groups is 3. The lowest BCUT2D eigenvalue weighted by molar-refractivity contribution is -0.127. The lowest BCUT2D eigenvalue weighted by Crippen LogP contribution is -2.48. The first-order chi connectivity index (χ1) is 15.3. The Labute approximate surface area is 183 Å². The molecule has 0 spiro atoms. The lowest BCUT2D eigenvalue weighted by Gasteiger charge is -2.34. The number of ether oxygens (including phenoxy) is 1. The van der Waals surface area contributed by atoms with E-state index in [1.54, 1.807) is 4.90 Å². The number of nitrogens with zero attached hydrogens (tertiary/aromatic N) is 2. The summed E-state index contributed by atoms with van der Waals surface area (Å²) in [6.07, 6.45) is 0.258. The summed E-state index contributed by atoms with van der Waals surface area (Å²) < 4.78 is 45.6. The third-order valence-electron chi connectivity index (χ3n) is 5.41. The molecule has 2 saturated heterocycles. The number of amides is 3. The molecular formula is C21H20FN3O6S. The number of cyclic esters (lactones) is 1. The van der Waals surface area contributed by atoms with Gasteiger partial charge in [0.25, 0.3) is 21.8 Å². The molecule has 0 aliphatic carbocycles. The zero-order chi connectivity index (χ0) is 22.9. The van der Waals surface area contributed by atoms with Crippen LogP contribution in [-0.2, 0) is 19.6 Å². The van der Waals surface area contributed by atoms with Crippen LogP contribution in [0.15, 0.2) is 53.4 Å². The standard InChI is InChI=1S/C21H20FN3O6S/c22-17-3-1-2-4-18(17)32(29,30)23-15-7-5-14(6-8-15)20(27)24-11-9-16(10-12-24)25-19(26)13-31-21(25)28/h1-8,16,23H,9-13H2. The van der Waals surface area contributed by atoms with Crippen molar-refractivity contribution in [1.29, 1.82) is 0 Å². The van der Waals surface area contributed by atoms with Gasteiger partial charge in [-0.15, -0.1) is 0 Å². The minimum Gasteiger partial charge on any atom is -0.439 e. The van der Waals surface area contributed by atoms with Gasteiger partial charge in [-0.25, -0.2) is 22.5 Å². The number of likely N-dealkylation sites (tertiary alicyclic amines) is 1. The second kappa shape index (κ2) is 8.58. The molecule has 0 unspecified atom stereocenters. The van der Waals surface area contributed by atoms with Gasteiger partial charge in [-0.1, -0.05) is 12.1 Å². The van der Waals surface area contributed by atoms with Gasteiger partial charge in [0.2, 0.25) is 0 Å². The topological polar surface area (TPSA) is 113 Å². The van der Waals surface area contributed by atoms with Crippen LogP contribution < -0.4 is 4.72 Å². The number of halogens is 1. The highest BCUT2D eigenvalue weighted by Gasteiger charge is 2.39. The Bertz CT molecular complexity index is 1140. The first kappa shape index (κ1) is 21.8. The van der Waals surface area contributed by atoms with Crippen molar-refractivity contribution in [3.63, 3.8) is 0 Å². The molecule has 2 aliphatic rings. The van der Waals surface area contributed by atoms with Gasteiger partial charge in [-0.05, 0) is 49.2 Å². The summed E-state index contributed by atoms with van der Waals surface area (Å²) in [7, 11) is -4.11. The zero-order valence-electron chi connectivity index (χ0n) is 16.9. The molecule has 168 valence electrons. The molecule has 1 N–H and O–H groups in total. The van der Waals surface area contributed by atoms with Gasteiger partial charge in [0.05, 0.1) is 0 Å². The Morgan fingerprint density at radius 2 is 1.69 bits per heavy atom. The Hall–Kier alpha value is -3.47. The number of carbonyl (C=O) groups excluding carboxylic acids is 3. The zero-order valence-corrected chi connectivity index (χ0v) is 17.7. The Morgan fingerprint density at radius 3 is 2.28 bits per heavy atom. The lowest BCUT2D eigenvalue weighted by atomic mass is 10.0. The van der Waals surface area contributed by atoms with Crippen LogP contribution in [0.2, 0.25) is 0 Å². The number of nitrogens with one attached hydrogen (secondary N) is 1. The van der Waals surface area contributed by atoms with Crippen LogP contribution in [0, 0.1) is 5.82 Å². The molecule has 0 atom stereocenters. The molecule has 3 amide bonds. The second-order valence-corrected chi connectivity index (χ2v) is 9.11. The predicted molar refractivity (Wildman–Crippen MR) is 111 cm³/mol. The van der Waals surface area contributed by atoms with Gasteiger partial charge in [0.1, 0.15) is 10.7 Å². The number of rotatable bonds is 5. The average Bonchev–Trinajstić information content (AvgIpc) is 3.12. The van der Waals surface area contributed by atoms with Crippen molar-refractivity contribution < 1.29 is 31.9 Å². The number of imide groups is 1. The number of piperidine rings is 1. The Morgan fingerprint density at radius 1 is 1.03 bits per heavy atom. The van der Waals surface area contributed by atoms with Crippen molar-refractivity contribution in [3.05, 3.63) is 59.9 Å². The van der Waals surface area contributed by atoms with Gasteiger partial charge in [-0.2, -0.15) is 0 Å². The van der Waals surface area contributed by atoms with E-state index in [2.05, 4.69) is 4.72 Å². The molecule has 11 heteroatoms. The summed E-state index contributed by atoms with van der Waals surface area (Å²) in [4.78, 5) is 38.5. The smallest absolute Gasteiger partial charge is 0.417 e. The van der Waals surface area contributed by atoms with E-state index in [0.717, 1.165) is 17.0 Å². The minimum atomic E-state index is -4.11. The van der Waals surface area contributed by atoms with Crippen LogP contribution in [0.1, 0.15) is 23.2 Å². The second-order valence-electron chi connectivity index (χ2n) is 7.45. The van der Waals surface area contributed by atoms with Crippen molar-refractivity contribution in [3.8, 4) is 0 Å². The molecule has 0 radical (unpaired) electrons. The summed E-state index contributed by atoms with van der Waals surface area (Å²) in [5.41, 5.74) is 0.545. The Balaban J connectivity index is 1.38. The fourth-order valence-corrected chi connectivity index (χ4v) is 4.92. The number of hydrogen-bond acceptors (Lipinski definition) is 6. The summed E-state index contributed by atoms with van der Waals surface area (Å²) in [5, 5.41) is 0. The molecule has 0 bridgehead atoms. The molecular weight excluding hydrogens is 441 g/mol. The molecule has 9 nitrogen and oxygen atoms in total. The maximum atomic E-state index is 13.8. The van der Waals surface area contributed by atoms with Crippen LogP contribution in [0.25, 0.3) is 0 Å². The van der Waals surface area contributed by atoms with Crippen LogP contribution in [0.3, 0.4) is 0 Å². The summed E-state index contributed by atoms with van der Waals surface area (Å²) >= 11 is 0. The molecule has 2 fully saturated rings. The fraction of sp³-hybridized carbons (Fsp3) is 0.286. The van der Waals surface area contributed by atoms with E-state index in [4.69, 9.17) is 4.74 Å². The summed E-state index contributed by atoms with van der Waals surface area (Å²) in [5.74, 6) is -1.48. The van der Waals surface area contributed by atoms with Crippen LogP contribution in [0.5, 0.6) is 0 Å². The van der Waals surface area contributed by atoms with E-state index >= 15 is 0 Å². The van der Waals surface area contributed by atoms with E-state index < -0.39 is 26.8 Å². The first-order valence-corrected chi connectivity index (χ1v) is 11.4. The number of anilines is 1. The highest BCUT2D eigenvalue weighted by Crippen LogP contribution is 2.23.